The van der Waals surface area contributed by atoms with Crippen LogP contribution >= 0.6 is 27.7 Å². The van der Waals surface area contributed by atoms with Crippen LogP contribution in [0.5, 0.6) is 0 Å². The van der Waals surface area contributed by atoms with E-state index in [1.807, 2.05) is 30.3 Å². The molecule has 0 aliphatic carbocycles. The molecule has 1 aromatic rings. The normalized spacial score (nSPS) is 12.9. The molecule has 0 heterocycles. The summed E-state index contributed by atoms with van der Waals surface area (Å²) in [4.78, 5) is 12.2. The fourth-order valence-electron chi connectivity index (χ4n) is 2.39. The molecular weight excluding hydrogens is 408 g/mol. The second-order valence-electron chi connectivity index (χ2n) is 6.61. The van der Waals surface area contributed by atoms with Crippen LogP contribution in [0.4, 0.5) is 0 Å². The van der Waals surface area contributed by atoms with Crippen LogP contribution in [-0.4, -0.2) is 23.6 Å². The molecule has 0 spiro atoms. The van der Waals surface area contributed by atoms with E-state index in [1.165, 1.54) is 0 Å². The first-order valence-electron chi connectivity index (χ1n) is 9.15. The summed E-state index contributed by atoms with van der Waals surface area (Å²) in [6, 6.07) is 7.52. The standard InChI is InChI=1S/C21H31BrN2OS/c1-5-7-8-19(6-2)24-21(13-16(3)4)23-15-26-14-20(25)17-9-11-18(22)12-10-17/h6,8-12,16,21,23-24H,2,5,7,13-15H2,1,3-4H3/b19-8-. The maximum Gasteiger partial charge on any atom is 0.172 e. The van der Waals surface area contributed by atoms with Crippen LogP contribution in [-0.2, 0) is 0 Å². The van der Waals surface area contributed by atoms with Gasteiger partial charge < -0.3 is 5.32 Å². The average Bonchev–Trinajstić information content (AvgIpc) is 2.61. The lowest BCUT2D eigenvalue weighted by atomic mass is 10.1. The molecule has 2 N–H and O–H groups in total. The minimum Gasteiger partial charge on any atom is -0.370 e. The third-order valence-corrected chi connectivity index (χ3v) is 5.12. The second kappa shape index (κ2) is 13.2. The van der Waals surface area contributed by atoms with Crippen LogP contribution in [0.3, 0.4) is 0 Å². The molecule has 0 radical (unpaired) electrons. The molecule has 0 bridgehead atoms. The molecule has 0 saturated carbocycles. The van der Waals surface area contributed by atoms with Crippen molar-refractivity contribution >= 4 is 33.5 Å². The van der Waals surface area contributed by atoms with E-state index in [0.717, 1.165) is 40.9 Å². The molecule has 1 rings (SSSR count). The Kier molecular flexibility index (Phi) is 11.7. The summed E-state index contributed by atoms with van der Waals surface area (Å²) in [5.41, 5.74) is 1.83. The van der Waals surface area contributed by atoms with Crippen molar-refractivity contribution in [1.82, 2.24) is 10.6 Å². The van der Waals surface area contributed by atoms with Crippen LogP contribution in [0, 0.1) is 5.92 Å². The van der Waals surface area contributed by atoms with E-state index in [4.69, 9.17) is 0 Å². The predicted molar refractivity (Wildman–Crippen MR) is 118 cm³/mol. The van der Waals surface area contributed by atoms with Gasteiger partial charge in [0, 0.05) is 21.6 Å². The Bertz CT molecular complexity index is 584. The molecular formula is C21H31BrN2OS. The zero-order valence-electron chi connectivity index (χ0n) is 16.1. The predicted octanol–water partition coefficient (Wildman–Crippen LogP) is 5.74. The number of thioether (sulfide) groups is 1. The van der Waals surface area contributed by atoms with E-state index >= 15 is 0 Å². The molecule has 3 nitrogen and oxygen atoms in total. The Morgan fingerprint density at radius 3 is 2.58 bits per heavy atom. The van der Waals surface area contributed by atoms with Gasteiger partial charge in [0.05, 0.1) is 11.9 Å². The SMILES string of the molecule is C=C/C(=C/CCC)NC(CC(C)C)NCSCC(=O)c1ccc(Br)cc1. The number of rotatable bonds is 13. The molecule has 0 amide bonds. The van der Waals surface area contributed by atoms with Gasteiger partial charge in [0.15, 0.2) is 5.78 Å². The lowest BCUT2D eigenvalue weighted by Gasteiger charge is -2.23. The van der Waals surface area contributed by atoms with Crippen LogP contribution in [0.1, 0.15) is 50.4 Å². The highest BCUT2D eigenvalue weighted by atomic mass is 79.9. The molecule has 5 heteroatoms. The van der Waals surface area contributed by atoms with Gasteiger partial charge in [0.2, 0.25) is 0 Å². The number of halogens is 1. The van der Waals surface area contributed by atoms with Gasteiger partial charge in [-0.15, -0.1) is 11.8 Å². The number of Topliss-reactive ketones (excluding diaryl/α,β-unsaturated/α-hetero) is 1. The number of carbonyl (C=O) groups is 1. The summed E-state index contributed by atoms with van der Waals surface area (Å²) in [5, 5.41) is 7.04. The van der Waals surface area contributed by atoms with E-state index in [0.29, 0.717) is 11.7 Å². The second-order valence-corrected chi connectivity index (χ2v) is 8.51. The maximum atomic E-state index is 12.2. The maximum absolute atomic E-state index is 12.2. The Morgan fingerprint density at radius 2 is 2.00 bits per heavy atom. The number of benzene rings is 1. The monoisotopic (exact) mass is 438 g/mol. The number of hydrogen-bond donors (Lipinski definition) is 2. The van der Waals surface area contributed by atoms with Gasteiger partial charge in [-0.1, -0.05) is 67.9 Å². The third kappa shape index (κ3) is 9.60. The van der Waals surface area contributed by atoms with Crippen molar-refractivity contribution in [3.63, 3.8) is 0 Å². The van der Waals surface area contributed by atoms with Crippen molar-refractivity contribution in [3.8, 4) is 0 Å². The summed E-state index contributed by atoms with van der Waals surface area (Å²) in [6.45, 7) is 10.5. The molecule has 1 unspecified atom stereocenters. The van der Waals surface area contributed by atoms with Crippen LogP contribution in [0.15, 0.2) is 53.2 Å². The molecule has 1 atom stereocenters. The minimum atomic E-state index is 0.160. The highest BCUT2D eigenvalue weighted by Crippen LogP contribution is 2.13. The third-order valence-electron chi connectivity index (χ3n) is 3.75. The summed E-state index contributed by atoms with van der Waals surface area (Å²) in [5.74, 6) is 1.94. The van der Waals surface area contributed by atoms with Crippen molar-refractivity contribution in [3.05, 3.63) is 58.7 Å². The minimum absolute atomic E-state index is 0.160. The van der Waals surface area contributed by atoms with Gasteiger partial charge in [-0.05, 0) is 37.0 Å². The van der Waals surface area contributed by atoms with Gasteiger partial charge >= 0.3 is 0 Å². The fourth-order valence-corrected chi connectivity index (χ4v) is 3.43. The highest BCUT2D eigenvalue weighted by Gasteiger charge is 2.11. The number of unbranched alkanes of at least 4 members (excludes halogenated alkanes) is 1. The van der Waals surface area contributed by atoms with Gasteiger partial charge in [-0.25, -0.2) is 0 Å². The van der Waals surface area contributed by atoms with Crippen molar-refractivity contribution < 1.29 is 4.79 Å². The number of ketones is 1. The van der Waals surface area contributed by atoms with E-state index in [-0.39, 0.29) is 11.9 Å². The van der Waals surface area contributed by atoms with Crippen molar-refractivity contribution in [2.75, 3.05) is 11.6 Å². The van der Waals surface area contributed by atoms with E-state index in [2.05, 4.69) is 60.0 Å². The first-order valence-corrected chi connectivity index (χ1v) is 11.1. The summed E-state index contributed by atoms with van der Waals surface area (Å²) < 4.78 is 0.986. The molecule has 0 fully saturated rings. The zero-order valence-corrected chi connectivity index (χ0v) is 18.5. The molecule has 144 valence electrons. The van der Waals surface area contributed by atoms with E-state index in [1.54, 1.807) is 11.8 Å². The van der Waals surface area contributed by atoms with Crippen LogP contribution in [0.2, 0.25) is 0 Å². The zero-order chi connectivity index (χ0) is 19.4. The molecule has 0 aliphatic rings. The average molecular weight is 439 g/mol. The largest absolute Gasteiger partial charge is 0.370 e. The Balaban J connectivity index is 2.46. The van der Waals surface area contributed by atoms with Gasteiger partial charge in [-0.2, -0.15) is 0 Å². The molecule has 0 saturated heterocycles. The molecule has 0 aliphatic heterocycles. The summed E-state index contributed by atoms with van der Waals surface area (Å²) in [7, 11) is 0. The Hall–Kier alpha value is -1.04. The first-order chi connectivity index (χ1) is 12.5. The lowest BCUT2D eigenvalue weighted by Crippen LogP contribution is -2.42. The number of nitrogens with one attached hydrogen (secondary N) is 2. The first kappa shape index (κ1) is 23.0. The van der Waals surface area contributed by atoms with Gasteiger partial charge in [-0.3, -0.25) is 10.1 Å². The fraction of sp³-hybridized carbons (Fsp3) is 0.476. The Labute approximate surface area is 171 Å². The van der Waals surface area contributed by atoms with Crippen molar-refractivity contribution in [1.29, 1.82) is 0 Å². The Morgan fingerprint density at radius 1 is 1.31 bits per heavy atom. The van der Waals surface area contributed by atoms with E-state index < -0.39 is 0 Å². The number of allylic oxidation sites excluding steroid dienone is 2. The smallest absolute Gasteiger partial charge is 0.172 e. The molecule has 0 aromatic heterocycles. The van der Waals surface area contributed by atoms with Gasteiger partial charge in [0.25, 0.3) is 0 Å². The van der Waals surface area contributed by atoms with Gasteiger partial charge in [0.1, 0.15) is 0 Å². The summed E-state index contributed by atoms with van der Waals surface area (Å²) >= 11 is 5.00. The molecule has 1 aromatic carbocycles. The molecule has 26 heavy (non-hydrogen) atoms. The topological polar surface area (TPSA) is 41.1 Å². The quantitative estimate of drug-likeness (QED) is 0.178. The number of hydrogen-bond acceptors (Lipinski definition) is 4. The van der Waals surface area contributed by atoms with Crippen LogP contribution in [0.25, 0.3) is 0 Å². The summed E-state index contributed by atoms with van der Waals surface area (Å²) in [6.07, 6.45) is 7.40. The lowest BCUT2D eigenvalue weighted by molar-refractivity contribution is 0.102. The van der Waals surface area contributed by atoms with Crippen molar-refractivity contribution in [2.24, 2.45) is 5.92 Å². The van der Waals surface area contributed by atoms with Crippen molar-refractivity contribution in [2.45, 2.75) is 46.2 Å². The number of carbonyl (C=O) groups excluding carboxylic acids is 1. The highest BCUT2D eigenvalue weighted by molar-refractivity contribution is 9.10. The van der Waals surface area contributed by atoms with E-state index in [9.17, 15) is 4.79 Å². The van der Waals surface area contributed by atoms with Crippen LogP contribution < -0.4 is 10.6 Å².